The van der Waals surface area contributed by atoms with E-state index in [0.717, 1.165) is 34.0 Å². The first-order valence-electron chi connectivity index (χ1n) is 11.7. The molecular formula is C27H30N6O2. The lowest BCUT2D eigenvalue weighted by Gasteiger charge is -2.15. The number of anilines is 1. The minimum atomic E-state index is -0.247. The van der Waals surface area contributed by atoms with Crippen LogP contribution in [0.4, 0.5) is 5.69 Å². The van der Waals surface area contributed by atoms with Crippen molar-refractivity contribution in [2.24, 2.45) is 0 Å². The number of aromatic nitrogens is 5. The molecule has 0 radical (unpaired) electrons. The molecular weight excluding hydrogens is 440 g/mol. The highest BCUT2D eigenvalue weighted by atomic mass is 16.1. The Labute approximate surface area is 204 Å². The number of rotatable bonds is 7. The van der Waals surface area contributed by atoms with Gasteiger partial charge in [-0.2, -0.15) is 5.10 Å². The average Bonchev–Trinajstić information content (AvgIpc) is 3.41. The van der Waals surface area contributed by atoms with Gasteiger partial charge >= 0.3 is 0 Å². The highest BCUT2D eigenvalue weighted by molar-refractivity contribution is 6.02. The zero-order chi connectivity index (χ0) is 25.1. The second-order valence-corrected chi connectivity index (χ2v) is 8.73. The molecule has 0 saturated carbocycles. The molecule has 0 unspecified atom stereocenters. The first-order valence-corrected chi connectivity index (χ1v) is 11.7. The van der Waals surface area contributed by atoms with Gasteiger partial charge in [-0.15, -0.1) is 0 Å². The van der Waals surface area contributed by atoms with Gasteiger partial charge in [0.15, 0.2) is 0 Å². The standard InChI is InChI=1S/C27H30N6O2/c1-6-22-16-25(35)31-27(30-22)21-8-7-9-23(15-21)29-24(34)11-10-20-14-18(4)32(19(20)5)26-12-13-28-33(26)17(2)3/h7-17H,6H2,1-5H3,(H,29,34)(H,30,31,35)/b11-10+. The van der Waals surface area contributed by atoms with Gasteiger partial charge in [0.05, 0.1) is 6.20 Å². The fourth-order valence-electron chi connectivity index (χ4n) is 4.11. The van der Waals surface area contributed by atoms with Gasteiger partial charge in [-0.05, 0) is 64.0 Å². The van der Waals surface area contributed by atoms with E-state index in [9.17, 15) is 9.59 Å². The van der Waals surface area contributed by atoms with E-state index in [2.05, 4.69) is 44.9 Å². The summed E-state index contributed by atoms with van der Waals surface area (Å²) < 4.78 is 4.12. The number of hydrogen-bond donors (Lipinski definition) is 2. The van der Waals surface area contributed by atoms with E-state index in [-0.39, 0.29) is 17.5 Å². The maximum atomic E-state index is 12.7. The van der Waals surface area contributed by atoms with Crippen molar-refractivity contribution < 1.29 is 4.79 Å². The normalized spacial score (nSPS) is 11.5. The Morgan fingerprint density at radius 1 is 1.17 bits per heavy atom. The Kier molecular flexibility index (Phi) is 6.82. The minimum absolute atomic E-state index is 0.196. The van der Waals surface area contributed by atoms with Gasteiger partial charge in [0.1, 0.15) is 11.6 Å². The first-order chi connectivity index (χ1) is 16.8. The van der Waals surface area contributed by atoms with E-state index < -0.39 is 0 Å². The molecule has 1 aromatic carbocycles. The number of carbonyl (C=O) groups is 1. The van der Waals surface area contributed by atoms with Crippen molar-refractivity contribution in [3.63, 3.8) is 0 Å². The molecule has 35 heavy (non-hydrogen) atoms. The molecule has 1 amide bonds. The van der Waals surface area contributed by atoms with E-state index in [1.54, 1.807) is 18.3 Å². The maximum absolute atomic E-state index is 12.7. The number of H-pyrrole nitrogens is 1. The summed E-state index contributed by atoms with van der Waals surface area (Å²) in [6.45, 7) is 10.2. The molecule has 2 N–H and O–H groups in total. The molecule has 3 heterocycles. The van der Waals surface area contributed by atoms with Crippen LogP contribution in [0.3, 0.4) is 0 Å². The SMILES string of the molecule is CCc1cc(=O)[nH]c(-c2cccc(NC(=O)/C=C/c3cc(C)n(-c4ccnn4C(C)C)c3C)c2)n1. The van der Waals surface area contributed by atoms with Crippen LogP contribution in [0.15, 0.2) is 59.5 Å². The lowest BCUT2D eigenvalue weighted by molar-refractivity contribution is -0.111. The Balaban J connectivity index is 1.53. The Bertz CT molecular complexity index is 1450. The minimum Gasteiger partial charge on any atom is -0.322 e. The first kappa shape index (κ1) is 23.9. The summed E-state index contributed by atoms with van der Waals surface area (Å²) in [7, 11) is 0. The van der Waals surface area contributed by atoms with Crippen molar-refractivity contribution in [2.45, 2.75) is 47.1 Å². The molecule has 0 atom stereocenters. The van der Waals surface area contributed by atoms with E-state index in [1.165, 1.54) is 12.1 Å². The molecule has 0 spiro atoms. The molecule has 0 saturated heterocycles. The zero-order valence-corrected chi connectivity index (χ0v) is 20.7. The van der Waals surface area contributed by atoms with E-state index in [1.807, 2.05) is 49.7 Å². The Morgan fingerprint density at radius 3 is 2.71 bits per heavy atom. The summed E-state index contributed by atoms with van der Waals surface area (Å²) in [6.07, 6.45) is 5.81. The molecule has 3 aromatic heterocycles. The van der Waals surface area contributed by atoms with Crippen molar-refractivity contribution in [3.8, 4) is 17.2 Å². The second-order valence-electron chi connectivity index (χ2n) is 8.73. The fraction of sp³-hybridized carbons (Fsp3) is 0.259. The van der Waals surface area contributed by atoms with E-state index in [4.69, 9.17) is 0 Å². The molecule has 8 nitrogen and oxygen atoms in total. The lowest BCUT2D eigenvalue weighted by Crippen LogP contribution is -2.11. The Hall–Kier alpha value is -4.20. The number of aromatic amines is 1. The van der Waals surface area contributed by atoms with Gasteiger partial charge in [-0.25, -0.2) is 9.67 Å². The molecule has 180 valence electrons. The number of aryl methyl sites for hydroxylation is 2. The third-order valence-electron chi connectivity index (χ3n) is 5.81. The number of carbonyl (C=O) groups excluding carboxylic acids is 1. The third kappa shape index (κ3) is 5.16. The largest absolute Gasteiger partial charge is 0.322 e. The molecule has 4 aromatic rings. The van der Waals surface area contributed by atoms with Crippen LogP contribution in [-0.4, -0.2) is 30.2 Å². The quantitative estimate of drug-likeness (QED) is 0.378. The highest BCUT2D eigenvalue weighted by Crippen LogP contribution is 2.24. The lowest BCUT2D eigenvalue weighted by atomic mass is 10.1. The fourth-order valence-corrected chi connectivity index (χ4v) is 4.11. The van der Waals surface area contributed by atoms with Crippen LogP contribution < -0.4 is 10.9 Å². The van der Waals surface area contributed by atoms with E-state index in [0.29, 0.717) is 17.9 Å². The van der Waals surface area contributed by atoms with Gasteiger partial charge in [0.25, 0.3) is 5.56 Å². The van der Waals surface area contributed by atoms with Gasteiger partial charge < -0.3 is 14.9 Å². The van der Waals surface area contributed by atoms with Gasteiger partial charge in [-0.1, -0.05) is 19.1 Å². The summed E-state index contributed by atoms with van der Waals surface area (Å²) >= 11 is 0. The predicted octanol–water partition coefficient (Wildman–Crippen LogP) is 4.84. The molecule has 0 aliphatic carbocycles. The van der Waals surface area contributed by atoms with Gasteiger partial charge in [0.2, 0.25) is 5.91 Å². The number of hydrogen-bond acceptors (Lipinski definition) is 4. The van der Waals surface area contributed by atoms with Crippen LogP contribution in [0.5, 0.6) is 0 Å². The van der Waals surface area contributed by atoms with Crippen LogP contribution in [-0.2, 0) is 11.2 Å². The van der Waals surface area contributed by atoms with Gasteiger partial charge in [-0.3, -0.25) is 9.59 Å². The zero-order valence-electron chi connectivity index (χ0n) is 20.7. The van der Waals surface area contributed by atoms with Crippen LogP contribution in [0, 0.1) is 13.8 Å². The summed E-state index contributed by atoms with van der Waals surface area (Å²) in [5.41, 5.74) is 4.92. The molecule has 0 bridgehead atoms. The monoisotopic (exact) mass is 470 g/mol. The molecule has 0 fully saturated rings. The Morgan fingerprint density at radius 2 is 1.97 bits per heavy atom. The van der Waals surface area contributed by atoms with Crippen LogP contribution in [0.25, 0.3) is 23.3 Å². The molecule has 4 rings (SSSR count). The summed E-state index contributed by atoms with van der Waals surface area (Å²) in [6, 6.07) is 13.0. The summed E-state index contributed by atoms with van der Waals surface area (Å²) in [5, 5.41) is 7.33. The maximum Gasteiger partial charge on any atom is 0.251 e. The van der Waals surface area contributed by atoms with Crippen LogP contribution in [0.2, 0.25) is 0 Å². The third-order valence-corrected chi connectivity index (χ3v) is 5.81. The molecule has 0 aliphatic rings. The highest BCUT2D eigenvalue weighted by Gasteiger charge is 2.14. The summed E-state index contributed by atoms with van der Waals surface area (Å²) in [5.74, 6) is 1.23. The predicted molar refractivity (Wildman–Crippen MR) is 139 cm³/mol. The van der Waals surface area contributed by atoms with Crippen LogP contribution in [0.1, 0.15) is 49.5 Å². The number of nitrogens with one attached hydrogen (secondary N) is 2. The number of amides is 1. The van der Waals surface area contributed by atoms with E-state index >= 15 is 0 Å². The second kappa shape index (κ2) is 9.97. The number of nitrogens with zero attached hydrogens (tertiary/aromatic N) is 4. The smallest absolute Gasteiger partial charge is 0.251 e. The molecule has 8 heteroatoms. The van der Waals surface area contributed by atoms with Crippen LogP contribution >= 0.6 is 0 Å². The molecule has 0 aliphatic heterocycles. The van der Waals surface area contributed by atoms with Crippen molar-refractivity contribution in [2.75, 3.05) is 5.32 Å². The average molecular weight is 471 g/mol. The van der Waals surface area contributed by atoms with Gasteiger partial charge in [0, 0.05) is 52.6 Å². The topological polar surface area (TPSA) is 97.6 Å². The number of benzene rings is 1. The van der Waals surface area contributed by atoms with Crippen molar-refractivity contribution in [1.29, 1.82) is 0 Å². The van der Waals surface area contributed by atoms with Crippen molar-refractivity contribution in [3.05, 3.63) is 87.7 Å². The van der Waals surface area contributed by atoms with Crippen molar-refractivity contribution in [1.82, 2.24) is 24.3 Å². The van der Waals surface area contributed by atoms with Crippen molar-refractivity contribution >= 4 is 17.7 Å². The summed E-state index contributed by atoms with van der Waals surface area (Å²) in [4.78, 5) is 31.8.